The van der Waals surface area contributed by atoms with Gasteiger partial charge in [0, 0.05) is 29.4 Å². The van der Waals surface area contributed by atoms with Gasteiger partial charge in [0.05, 0.1) is 23.5 Å². The first-order valence-electron chi connectivity index (χ1n) is 11.5. The Bertz CT molecular complexity index is 1530. The largest absolute Gasteiger partial charge is 0.349 e. The standard InChI is InChI=1S/C27H24N6O2S/c1-17(2)30-26(35)23-22(21-12-6-7-13-28-21)32-24-20(11-8-14-33(23)24)25(34)29-15-19-16-36-27(31-19)18-9-4-3-5-10-18/h3-14,16-17H,15H2,1-2H3,(H,29,34)(H,30,35). The molecule has 0 fully saturated rings. The van der Waals surface area contributed by atoms with Crippen LogP contribution in [-0.2, 0) is 6.54 Å². The number of pyridine rings is 2. The van der Waals surface area contributed by atoms with Crippen LogP contribution in [-0.4, -0.2) is 37.2 Å². The molecule has 0 radical (unpaired) electrons. The summed E-state index contributed by atoms with van der Waals surface area (Å²) in [6, 6.07) is 18.7. The van der Waals surface area contributed by atoms with Crippen LogP contribution in [0.5, 0.6) is 0 Å². The molecule has 0 aliphatic rings. The van der Waals surface area contributed by atoms with Crippen LogP contribution in [0.1, 0.15) is 40.4 Å². The van der Waals surface area contributed by atoms with E-state index in [9.17, 15) is 9.59 Å². The van der Waals surface area contributed by atoms with Gasteiger partial charge in [-0.15, -0.1) is 11.3 Å². The number of hydrogen-bond donors (Lipinski definition) is 2. The lowest BCUT2D eigenvalue weighted by molar-refractivity contribution is 0.0932. The highest BCUT2D eigenvalue weighted by atomic mass is 32.1. The summed E-state index contributed by atoms with van der Waals surface area (Å²) < 4.78 is 1.65. The van der Waals surface area contributed by atoms with Gasteiger partial charge in [0.1, 0.15) is 16.4 Å². The van der Waals surface area contributed by atoms with E-state index in [1.165, 1.54) is 11.3 Å². The molecule has 0 saturated carbocycles. The van der Waals surface area contributed by atoms with Gasteiger partial charge in [-0.05, 0) is 38.1 Å². The second-order valence-electron chi connectivity index (χ2n) is 8.46. The van der Waals surface area contributed by atoms with Crippen LogP contribution in [0.15, 0.2) is 78.4 Å². The van der Waals surface area contributed by atoms with Crippen molar-refractivity contribution in [3.8, 4) is 22.0 Å². The molecule has 0 atom stereocenters. The smallest absolute Gasteiger partial charge is 0.270 e. The van der Waals surface area contributed by atoms with E-state index in [-0.39, 0.29) is 24.4 Å². The Morgan fingerprint density at radius 2 is 1.78 bits per heavy atom. The summed E-state index contributed by atoms with van der Waals surface area (Å²) in [5.74, 6) is -0.588. The Morgan fingerprint density at radius 3 is 2.53 bits per heavy atom. The molecule has 2 amide bonds. The second kappa shape index (κ2) is 10.1. The van der Waals surface area contributed by atoms with Gasteiger partial charge in [-0.25, -0.2) is 9.97 Å². The summed E-state index contributed by atoms with van der Waals surface area (Å²) in [6.45, 7) is 4.06. The number of nitrogens with one attached hydrogen (secondary N) is 2. The van der Waals surface area contributed by atoms with Gasteiger partial charge in [0.2, 0.25) is 0 Å². The molecule has 4 heterocycles. The molecule has 5 rings (SSSR count). The first-order chi connectivity index (χ1) is 17.5. The molecule has 0 spiro atoms. The van der Waals surface area contributed by atoms with Crippen LogP contribution in [0.3, 0.4) is 0 Å². The lowest BCUT2D eigenvalue weighted by Crippen LogP contribution is -2.31. The average molecular weight is 497 g/mol. The van der Waals surface area contributed by atoms with Crippen molar-refractivity contribution < 1.29 is 9.59 Å². The van der Waals surface area contributed by atoms with Crippen molar-refractivity contribution in [1.29, 1.82) is 0 Å². The second-order valence-corrected chi connectivity index (χ2v) is 9.32. The number of thiazole rings is 1. The predicted octanol–water partition coefficient (Wildman–Crippen LogP) is 4.59. The number of hydrogen-bond acceptors (Lipinski definition) is 6. The van der Waals surface area contributed by atoms with Crippen LogP contribution in [0.2, 0.25) is 0 Å². The summed E-state index contributed by atoms with van der Waals surface area (Å²) in [5.41, 5.74) is 3.85. The monoisotopic (exact) mass is 496 g/mol. The molecule has 4 aromatic heterocycles. The summed E-state index contributed by atoms with van der Waals surface area (Å²) in [6.07, 6.45) is 3.38. The Labute approximate surface area is 212 Å². The fourth-order valence-corrected chi connectivity index (χ4v) is 4.67. The van der Waals surface area contributed by atoms with Crippen molar-refractivity contribution in [2.45, 2.75) is 26.4 Å². The molecule has 0 saturated heterocycles. The number of benzene rings is 1. The van der Waals surface area contributed by atoms with Crippen LogP contribution < -0.4 is 10.6 Å². The number of imidazole rings is 1. The van der Waals surface area contributed by atoms with E-state index in [0.29, 0.717) is 28.3 Å². The molecule has 36 heavy (non-hydrogen) atoms. The predicted molar refractivity (Wildman–Crippen MR) is 140 cm³/mol. The van der Waals surface area contributed by atoms with Crippen LogP contribution in [0.4, 0.5) is 0 Å². The minimum absolute atomic E-state index is 0.0648. The van der Waals surface area contributed by atoms with Crippen molar-refractivity contribution >= 4 is 28.8 Å². The van der Waals surface area contributed by atoms with Gasteiger partial charge in [0.15, 0.2) is 5.65 Å². The summed E-state index contributed by atoms with van der Waals surface area (Å²) in [4.78, 5) is 40.1. The Morgan fingerprint density at radius 1 is 0.972 bits per heavy atom. The van der Waals surface area contributed by atoms with Crippen LogP contribution in [0, 0.1) is 0 Å². The SMILES string of the molecule is CC(C)NC(=O)c1c(-c2ccccn2)nc2c(C(=O)NCc3csc(-c4ccccc4)n3)cccn12. The van der Waals surface area contributed by atoms with Crippen molar-refractivity contribution in [3.63, 3.8) is 0 Å². The number of amides is 2. The summed E-state index contributed by atoms with van der Waals surface area (Å²) >= 11 is 1.53. The third kappa shape index (κ3) is 4.73. The summed E-state index contributed by atoms with van der Waals surface area (Å²) in [7, 11) is 0. The van der Waals surface area contributed by atoms with E-state index in [1.807, 2.05) is 55.6 Å². The maximum Gasteiger partial charge on any atom is 0.270 e. The molecule has 1 aromatic carbocycles. The first-order valence-corrected chi connectivity index (χ1v) is 12.4. The van der Waals surface area contributed by atoms with Gasteiger partial charge in [0.25, 0.3) is 11.8 Å². The number of nitrogens with zero attached hydrogens (tertiary/aromatic N) is 4. The number of aromatic nitrogens is 4. The third-order valence-corrected chi connectivity index (χ3v) is 6.38. The van der Waals surface area contributed by atoms with E-state index in [4.69, 9.17) is 4.98 Å². The third-order valence-electron chi connectivity index (χ3n) is 5.44. The molecule has 0 aliphatic heterocycles. The van der Waals surface area contributed by atoms with Gasteiger partial charge < -0.3 is 10.6 Å². The normalized spacial score (nSPS) is 11.1. The minimum Gasteiger partial charge on any atom is -0.349 e. The molecular formula is C27H24N6O2S. The molecular weight excluding hydrogens is 472 g/mol. The van der Waals surface area contributed by atoms with E-state index in [1.54, 1.807) is 41.1 Å². The topological polar surface area (TPSA) is 101 Å². The lowest BCUT2D eigenvalue weighted by Gasteiger charge is -2.10. The van der Waals surface area contributed by atoms with Crippen molar-refractivity contribution in [2.75, 3.05) is 0 Å². The molecule has 8 nitrogen and oxygen atoms in total. The lowest BCUT2D eigenvalue weighted by atomic mass is 10.2. The van der Waals surface area contributed by atoms with Gasteiger partial charge >= 0.3 is 0 Å². The Kier molecular flexibility index (Phi) is 6.55. The number of carbonyl (C=O) groups excluding carboxylic acids is 2. The van der Waals surface area contributed by atoms with Crippen LogP contribution >= 0.6 is 11.3 Å². The minimum atomic E-state index is -0.303. The van der Waals surface area contributed by atoms with Crippen molar-refractivity contribution in [2.24, 2.45) is 0 Å². The fourth-order valence-electron chi connectivity index (χ4n) is 3.84. The molecule has 180 valence electrons. The Hall–Kier alpha value is -4.37. The maximum absolute atomic E-state index is 13.2. The number of carbonyl (C=O) groups is 2. The average Bonchev–Trinajstić information content (AvgIpc) is 3.53. The number of fused-ring (bicyclic) bond motifs is 1. The quantitative estimate of drug-likeness (QED) is 0.343. The maximum atomic E-state index is 13.2. The van der Waals surface area contributed by atoms with Gasteiger partial charge in [-0.1, -0.05) is 36.4 Å². The molecule has 5 aromatic rings. The highest BCUT2D eigenvalue weighted by Gasteiger charge is 2.24. The zero-order chi connectivity index (χ0) is 25.1. The van der Waals surface area contributed by atoms with E-state index in [0.717, 1.165) is 16.3 Å². The van der Waals surface area contributed by atoms with E-state index >= 15 is 0 Å². The molecule has 9 heteroatoms. The highest BCUT2D eigenvalue weighted by Crippen LogP contribution is 2.26. The molecule has 0 unspecified atom stereocenters. The van der Waals surface area contributed by atoms with Crippen molar-refractivity contribution in [3.05, 3.63) is 95.4 Å². The summed E-state index contributed by atoms with van der Waals surface area (Å²) in [5, 5.41) is 8.70. The van der Waals surface area contributed by atoms with Crippen LogP contribution in [0.25, 0.3) is 27.6 Å². The molecule has 0 bridgehead atoms. The van der Waals surface area contributed by atoms with Gasteiger partial charge in [-0.3, -0.25) is 19.0 Å². The first kappa shape index (κ1) is 23.4. The van der Waals surface area contributed by atoms with E-state index < -0.39 is 0 Å². The highest BCUT2D eigenvalue weighted by molar-refractivity contribution is 7.13. The molecule has 0 aliphatic carbocycles. The molecule has 2 N–H and O–H groups in total. The zero-order valence-corrected chi connectivity index (χ0v) is 20.6. The number of rotatable bonds is 7. The van der Waals surface area contributed by atoms with Gasteiger partial charge in [-0.2, -0.15) is 0 Å². The van der Waals surface area contributed by atoms with Crippen molar-refractivity contribution in [1.82, 2.24) is 30.0 Å². The fraction of sp³-hybridized carbons (Fsp3) is 0.148. The van der Waals surface area contributed by atoms with E-state index in [2.05, 4.69) is 20.6 Å². The Balaban J connectivity index is 1.46. The zero-order valence-electron chi connectivity index (χ0n) is 19.8.